The van der Waals surface area contributed by atoms with Crippen LogP contribution in [0.4, 0.5) is 0 Å². The van der Waals surface area contributed by atoms with E-state index in [4.69, 9.17) is 0 Å². The van der Waals surface area contributed by atoms with Crippen molar-refractivity contribution in [1.82, 2.24) is 0 Å². The molecule has 1 aromatic carbocycles. The van der Waals surface area contributed by atoms with Crippen molar-refractivity contribution in [1.29, 1.82) is 0 Å². The highest BCUT2D eigenvalue weighted by molar-refractivity contribution is 5.95. The van der Waals surface area contributed by atoms with Gasteiger partial charge in [-0.2, -0.15) is 0 Å². The lowest BCUT2D eigenvalue weighted by atomic mass is 10.0. The van der Waals surface area contributed by atoms with Crippen LogP contribution in [0.15, 0.2) is 29.3 Å². The Morgan fingerprint density at radius 2 is 2.00 bits per heavy atom. The molecule has 0 bridgehead atoms. The molecule has 0 heterocycles. The highest BCUT2D eigenvalue weighted by Gasteiger charge is 2.06. The molecule has 0 atom stereocenters. The molecule has 0 fully saturated rings. The largest absolute Gasteiger partial charge is 0.295 e. The molecule has 84 valence electrons. The smallest absolute Gasteiger partial charge is 0.159 e. The van der Waals surface area contributed by atoms with E-state index in [0.29, 0.717) is 0 Å². The number of hydrogen-bond donors (Lipinski definition) is 0. The van der Waals surface area contributed by atoms with Crippen LogP contribution in [-0.2, 0) is 0 Å². The SMILES string of the molecule is CC=N/C(=C\C)c1cc(C(C)=O)ccc1C. The second-order valence-corrected chi connectivity index (χ2v) is 3.65. The highest BCUT2D eigenvalue weighted by Crippen LogP contribution is 2.21. The minimum atomic E-state index is 0.0807. The molecule has 2 nitrogen and oxygen atoms in total. The Morgan fingerprint density at radius 3 is 2.50 bits per heavy atom. The van der Waals surface area contributed by atoms with Gasteiger partial charge in [-0.05, 0) is 39.3 Å². The Bertz CT molecular complexity index is 456. The van der Waals surface area contributed by atoms with Gasteiger partial charge in [0, 0.05) is 17.3 Å². The third-order valence-electron chi connectivity index (χ3n) is 2.46. The van der Waals surface area contributed by atoms with Crippen molar-refractivity contribution in [3.05, 3.63) is 41.0 Å². The zero-order valence-corrected chi connectivity index (χ0v) is 10.2. The van der Waals surface area contributed by atoms with Gasteiger partial charge in [0.1, 0.15) is 0 Å². The van der Waals surface area contributed by atoms with E-state index in [9.17, 15) is 4.79 Å². The van der Waals surface area contributed by atoms with E-state index in [2.05, 4.69) is 4.99 Å². The van der Waals surface area contributed by atoms with Gasteiger partial charge in [0.2, 0.25) is 0 Å². The van der Waals surface area contributed by atoms with E-state index >= 15 is 0 Å². The zero-order valence-electron chi connectivity index (χ0n) is 10.2. The van der Waals surface area contributed by atoms with E-state index in [1.165, 1.54) is 0 Å². The maximum absolute atomic E-state index is 11.3. The molecule has 0 amide bonds. The predicted molar refractivity (Wildman–Crippen MR) is 69.0 cm³/mol. The molecule has 0 aliphatic rings. The summed E-state index contributed by atoms with van der Waals surface area (Å²) >= 11 is 0. The Hall–Kier alpha value is -1.70. The van der Waals surface area contributed by atoms with Crippen LogP contribution >= 0.6 is 0 Å². The third kappa shape index (κ3) is 2.66. The second kappa shape index (κ2) is 5.40. The van der Waals surface area contributed by atoms with Gasteiger partial charge in [0.05, 0.1) is 5.70 Å². The predicted octanol–water partition coefficient (Wildman–Crippen LogP) is 3.65. The van der Waals surface area contributed by atoms with Gasteiger partial charge in [-0.1, -0.05) is 18.2 Å². The van der Waals surface area contributed by atoms with Crippen molar-refractivity contribution >= 4 is 17.7 Å². The number of hydrogen-bond acceptors (Lipinski definition) is 2. The average Bonchev–Trinajstić information content (AvgIpc) is 2.26. The maximum atomic E-state index is 11.3. The standard InChI is InChI=1S/C14H17NO/c1-5-14(15-6-2)13-9-12(11(4)16)8-7-10(13)3/h5-9H,1-4H3/b14-5-,15-6?. The Balaban J connectivity index is 3.31. The van der Waals surface area contributed by atoms with Crippen LogP contribution in [0.25, 0.3) is 5.70 Å². The van der Waals surface area contributed by atoms with Crippen molar-refractivity contribution in [3.63, 3.8) is 0 Å². The average molecular weight is 215 g/mol. The lowest BCUT2D eigenvalue weighted by Crippen LogP contribution is -1.95. The number of benzene rings is 1. The van der Waals surface area contributed by atoms with Gasteiger partial charge < -0.3 is 0 Å². The van der Waals surface area contributed by atoms with E-state index in [1.807, 2.05) is 45.0 Å². The highest BCUT2D eigenvalue weighted by atomic mass is 16.1. The van der Waals surface area contributed by atoms with Gasteiger partial charge in [0.15, 0.2) is 5.78 Å². The fourth-order valence-electron chi connectivity index (χ4n) is 1.56. The molecule has 0 aromatic heterocycles. The fourth-order valence-corrected chi connectivity index (χ4v) is 1.56. The number of carbonyl (C=O) groups excluding carboxylic acids is 1. The minimum Gasteiger partial charge on any atom is -0.295 e. The molecule has 16 heavy (non-hydrogen) atoms. The van der Waals surface area contributed by atoms with Crippen LogP contribution < -0.4 is 0 Å². The van der Waals surface area contributed by atoms with Crippen LogP contribution in [0.3, 0.4) is 0 Å². The molecule has 0 unspecified atom stereocenters. The molecule has 1 rings (SSSR count). The summed E-state index contributed by atoms with van der Waals surface area (Å²) in [5.41, 5.74) is 3.78. The summed E-state index contributed by atoms with van der Waals surface area (Å²) in [5, 5.41) is 0. The van der Waals surface area contributed by atoms with Crippen molar-refractivity contribution < 1.29 is 4.79 Å². The molecule has 0 N–H and O–H groups in total. The molecule has 0 saturated carbocycles. The van der Waals surface area contributed by atoms with Crippen molar-refractivity contribution in [2.75, 3.05) is 0 Å². The lowest BCUT2D eigenvalue weighted by molar-refractivity contribution is 0.101. The summed E-state index contributed by atoms with van der Waals surface area (Å²) in [6.45, 7) is 7.43. The second-order valence-electron chi connectivity index (χ2n) is 3.65. The number of aliphatic imine (C=N–C) groups is 1. The zero-order chi connectivity index (χ0) is 12.1. The van der Waals surface area contributed by atoms with Crippen LogP contribution in [0.2, 0.25) is 0 Å². The van der Waals surface area contributed by atoms with Gasteiger partial charge in [0.25, 0.3) is 0 Å². The monoisotopic (exact) mass is 215 g/mol. The quantitative estimate of drug-likeness (QED) is 0.559. The van der Waals surface area contributed by atoms with E-state index in [0.717, 1.165) is 22.4 Å². The normalized spacial score (nSPS) is 12.1. The first-order chi connectivity index (χ1) is 7.60. The summed E-state index contributed by atoms with van der Waals surface area (Å²) in [4.78, 5) is 15.6. The molecule has 0 aliphatic carbocycles. The molecule has 0 spiro atoms. The molecule has 0 aliphatic heterocycles. The van der Waals surface area contributed by atoms with E-state index in [-0.39, 0.29) is 5.78 Å². The van der Waals surface area contributed by atoms with Crippen molar-refractivity contribution in [3.8, 4) is 0 Å². The number of ketones is 1. The van der Waals surface area contributed by atoms with Gasteiger partial charge >= 0.3 is 0 Å². The number of carbonyl (C=O) groups is 1. The molecule has 0 radical (unpaired) electrons. The first kappa shape index (κ1) is 12.4. The number of nitrogens with zero attached hydrogens (tertiary/aromatic N) is 1. The summed E-state index contributed by atoms with van der Waals surface area (Å²) in [6, 6.07) is 5.71. The van der Waals surface area contributed by atoms with Crippen LogP contribution in [0.1, 0.15) is 42.3 Å². The molecule has 2 heteroatoms. The van der Waals surface area contributed by atoms with Gasteiger partial charge in [-0.25, -0.2) is 0 Å². The summed E-state index contributed by atoms with van der Waals surface area (Å²) in [6.07, 6.45) is 3.71. The molecular weight excluding hydrogens is 198 g/mol. The van der Waals surface area contributed by atoms with Crippen LogP contribution in [0, 0.1) is 6.92 Å². The topological polar surface area (TPSA) is 29.4 Å². The van der Waals surface area contributed by atoms with Gasteiger partial charge in [-0.15, -0.1) is 0 Å². The lowest BCUT2D eigenvalue weighted by Gasteiger charge is -2.07. The Kier molecular flexibility index (Phi) is 4.18. The fraction of sp³-hybridized carbons (Fsp3) is 0.286. The minimum absolute atomic E-state index is 0.0807. The molecular formula is C14H17NO. The Morgan fingerprint density at radius 1 is 1.31 bits per heavy atom. The third-order valence-corrected chi connectivity index (χ3v) is 2.46. The summed E-state index contributed by atoms with van der Waals surface area (Å²) in [5.74, 6) is 0.0807. The van der Waals surface area contributed by atoms with Crippen molar-refractivity contribution in [2.45, 2.75) is 27.7 Å². The molecule has 0 saturated heterocycles. The van der Waals surface area contributed by atoms with Crippen molar-refractivity contribution in [2.24, 2.45) is 4.99 Å². The first-order valence-corrected chi connectivity index (χ1v) is 5.37. The summed E-state index contributed by atoms with van der Waals surface area (Å²) < 4.78 is 0. The number of aryl methyl sites for hydroxylation is 1. The number of rotatable bonds is 3. The van der Waals surface area contributed by atoms with Gasteiger partial charge in [-0.3, -0.25) is 9.79 Å². The maximum Gasteiger partial charge on any atom is 0.159 e. The van der Waals surface area contributed by atoms with E-state index in [1.54, 1.807) is 13.1 Å². The number of Topliss-reactive ketones (excluding diaryl/α,β-unsaturated/α-hetero) is 1. The first-order valence-electron chi connectivity index (χ1n) is 5.37. The Labute approximate surface area is 96.7 Å². The number of allylic oxidation sites excluding steroid dienone is 1. The molecule has 1 aromatic rings. The van der Waals surface area contributed by atoms with E-state index < -0.39 is 0 Å². The van der Waals surface area contributed by atoms with Crippen LogP contribution in [0.5, 0.6) is 0 Å². The van der Waals surface area contributed by atoms with Crippen LogP contribution in [-0.4, -0.2) is 12.0 Å². The summed E-state index contributed by atoms with van der Waals surface area (Å²) in [7, 11) is 0.